The van der Waals surface area contributed by atoms with Gasteiger partial charge in [-0.3, -0.25) is 5.32 Å². The predicted octanol–water partition coefficient (Wildman–Crippen LogP) is 3.80. The third-order valence-electron chi connectivity index (χ3n) is 4.79. The van der Waals surface area contributed by atoms with Gasteiger partial charge >= 0.3 is 0 Å². The summed E-state index contributed by atoms with van der Waals surface area (Å²) in [4.78, 5) is 0. The highest BCUT2D eigenvalue weighted by atomic mass is 16.5. The van der Waals surface area contributed by atoms with Gasteiger partial charge in [-0.05, 0) is 24.0 Å². The minimum absolute atomic E-state index is 0.0207. The molecule has 1 N–H and O–H groups in total. The van der Waals surface area contributed by atoms with Crippen molar-refractivity contribution in [3.63, 3.8) is 0 Å². The van der Waals surface area contributed by atoms with Crippen LogP contribution in [0.5, 0.6) is 0 Å². The Morgan fingerprint density at radius 3 is 2.35 bits per heavy atom. The van der Waals surface area contributed by atoms with Crippen molar-refractivity contribution in [2.45, 2.75) is 30.3 Å². The highest BCUT2D eigenvalue weighted by Crippen LogP contribution is 2.46. The monoisotopic (exact) mass is 306 g/mol. The molecule has 0 heterocycles. The Bertz CT molecular complexity index is 665. The van der Waals surface area contributed by atoms with E-state index in [1.807, 2.05) is 36.4 Å². The molecule has 0 spiro atoms. The van der Waals surface area contributed by atoms with Crippen molar-refractivity contribution < 1.29 is 4.74 Å². The fourth-order valence-corrected chi connectivity index (χ4v) is 3.44. The topological polar surface area (TPSA) is 45.0 Å². The number of methoxy groups -OCH3 is 1. The number of rotatable bonds is 6. The highest BCUT2D eigenvalue weighted by molar-refractivity contribution is 5.35. The lowest BCUT2D eigenvalue weighted by atomic mass is 9.64. The molecule has 0 bridgehead atoms. The van der Waals surface area contributed by atoms with E-state index >= 15 is 0 Å². The molecule has 3 heteroatoms. The van der Waals surface area contributed by atoms with Crippen LogP contribution in [0.1, 0.15) is 35.9 Å². The number of ether oxygens (including phenoxy) is 1. The van der Waals surface area contributed by atoms with Gasteiger partial charge in [0.15, 0.2) is 0 Å². The molecule has 1 saturated carbocycles. The molecule has 3 rings (SSSR count). The molecule has 1 fully saturated rings. The number of hydrogen-bond donors (Lipinski definition) is 1. The number of nitrogens with zero attached hydrogens (tertiary/aromatic N) is 1. The average Bonchev–Trinajstić information content (AvgIpc) is 2.59. The summed E-state index contributed by atoms with van der Waals surface area (Å²) in [6.07, 6.45) is 1.91. The zero-order valence-corrected chi connectivity index (χ0v) is 13.4. The molecule has 3 nitrogen and oxygen atoms in total. The van der Waals surface area contributed by atoms with Gasteiger partial charge in [-0.15, -0.1) is 0 Å². The number of benzene rings is 2. The molecule has 3 atom stereocenters. The standard InChI is InChI=1S/C20H22N2O/c1-23-14-19(17-10-6-3-7-11-17)22-20(15-21)13-12-18(20)16-8-4-2-5-9-16/h2-11,18-19,22H,12-14H2,1H3/t18-,19+,20+/m1/s1. The van der Waals surface area contributed by atoms with Crippen LogP contribution in [-0.4, -0.2) is 19.3 Å². The third kappa shape index (κ3) is 3.14. The van der Waals surface area contributed by atoms with E-state index in [2.05, 4.69) is 35.7 Å². The average molecular weight is 306 g/mol. The number of nitriles is 1. The summed E-state index contributed by atoms with van der Waals surface area (Å²) in [6.45, 7) is 0.551. The Balaban J connectivity index is 1.84. The van der Waals surface area contributed by atoms with Crippen LogP contribution in [0.2, 0.25) is 0 Å². The van der Waals surface area contributed by atoms with Crippen LogP contribution in [-0.2, 0) is 4.74 Å². The first-order valence-corrected chi connectivity index (χ1v) is 8.07. The Kier molecular flexibility index (Phi) is 4.76. The lowest BCUT2D eigenvalue weighted by molar-refractivity contribution is 0.120. The summed E-state index contributed by atoms with van der Waals surface area (Å²) < 4.78 is 5.39. The molecule has 0 aromatic heterocycles. The van der Waals surface area contributed by atoms with E-state index in [1.54, 1.807) is 7.11 Å². The Hall–Kier alpha value is -2.15. The minimum Gasteiger partial charge on any atom is -0.383 e. The van der Waals surface area contributed by atoms with Crippen LogP contribution in [0.25, 0.3) is 0 Å². The molecule has 23 heavy (non-hydrogen) atoms. The summed E-state index contributed by atoms with van der Waals surface area (Å²) in [5, 5.41) is 13.5. The van der Waals surface area contributed by atoms with Gasteiger partial charge in [0.1, 0.15) is 5.54 Å². The van der Waals surface area contributed by atoms with Crippen LogP contribution < -0.4 is 5.32 Å². The van der Waals surface area contributed by atoms with Crippen LogP contribution >= 0.6 is 0 Å². The zero-order chi connectivity index (χ0) is 16.1. The Morgan fingerprint density at radius 1 is 1.17 bits per heavy atom. The molecule has 1 aliphatic rings. The van der Waals surface area contributed by atoms with Gasteiger partial charge in [0.05, 0.1) is 18.7 Å². The molecule has 0 aliphatic heterocycles. The van der Waals surface area contributed by atoms with Crippen LogP contribution in [0, 0.1) is 11.3 Å². The van der Waals surface area contributed by atoms with Gasteiger partial charge in [0.25, 0.3) is 0 Å². The fourth-order valence-electron chi connectivity index (χ4n) is 3.44. The lowest BCUT2D eigenvalue weighted by Gasteiger charge is -2.47. The van der Waals surface area contributed by atoms with E-state index in [1.165, 1.54) is 5.56 Å². The van der Waals surface area contributed by atoms with Crippen molar-refractivity contribution in [1.29, 1.82) is 5.26 Å². The van der Waals surface area contributed by atoms with Crippen molar-refractivity contribution >= 4 is 0 Å². The fraction of sp³-hybridized carbons (Fsp3) is 0.350. The van der Waals surface area contributed by atoms with Gasteiger partial charge in [0, 0.05) is 13.0 Å². The highest BCUT2D eigenvalue weighted by Gasteiger charge is 2.49. The van der Waals surface area contributed by atoms with Crippen LogP contribution in [0.15, 0.2) is 60.7 Å². The van der Waals surface area contributed by atoms with Gasteiger partial charge in [-0.2, -0.15) is 5.26 Å². The van der Waals surface area contributed by atoms with Crippen LogP contribution in [0.4, 0.5) is 0 Å². The van der Waals surface area contributed by atoms with Crippen LogP contribution in [0.3, 0.4) is 0 Å². The third-order valence-corrected chi connectivity index (χ3v) is 4.79. The second-order valence-corrected chi connectivity index (χ2v) is 6.15. The van der Waals surface area contributed by atoms with Crippen molar-refractivity contribution in [2.24, 2.45) is 0 Å². The first-order valence-electron chi connectivity index (χ1n) is 8.07. The Labute approximate surface area is 137 Å². The molecule has 2 aromatic rings. The maximum Gasteiger partial charge on any atom is 0.114 e. The summed E-state index contributed by atoms with van der Waals surface area (Å²) in [5.41, 5.74) is 1.88. The summed E-state index contributed by atoms with van der Waals surface area (Å²) in [6, 6.07) is 23.1. The largest absolute Gasteiger partial charge is 0.383 e. The Morgan fingerprint density at radius 2 is 1.83 bits per heavy atom. The summed E-state index contributed by atoms with van der Waals surface area (Å²) >= 11 is 0. The predicted molar refractivity (Wildman–Crippen MR) is 91.0 cm³/mol. The van der Waals surface area contributed by atoms with Gasteiger partial charge in [0.2, 0.25) is 0 Å². The van der Waals surface area contributed by atoms with Gasteiger partial charge in [-0.25, -0.2) is 0 Å². The van der Waals surface area contributed by atoms with E-state index in [9.17, 15) is 5.26 Å². The number of hydrogen-bond acceptors (Lipinski definition) is 3. The second-order valence-electron chi connectivity index (χ2n) is 6.15. The van der Waals surface area contributed by atoms with E-state index < -0.39 is 5.54 Å². The maximum absolute atomic E-state index is 9.88. The van der Waals surface area contributed by atoms with E-state index in [0.717, 1.165) is 18.4 Å². The first kappa shape index (κ1) is 15.7. The van der Waals surface area contributed by atoms with Crippen molar-refractivity contribution in [3.05, 3.63) is 71.8 Å². The second kappa shape index (κ2) is 6.95. The summed E-state index contributed by atoms with van der Waals surface area (Å²) in [7, 11) is 1.70. The molecular formula is C20H22N2O. The minimum atomic E-state index is -0.514. The molecule has 2 aromatic carbocycles. The van der Waals surface area contributed by atoms with Gasteiger partial charge < -0.3 is 4.74 Å². The molecule has 118 valence electrons. The molecule has 0 saturated heterocycles. The maximum atomic E-state index is 9.88. The molecule has 0 unspecified atom stereocenters. The molecule has 0 amide bonds. The molecule has 0 radical (unpaired) electrons. The van der Waals surface area contributed by atoms with E-state index in [4.69, 9.17) is 4.74 Å². The normalized spacial score (nSPS) is 24.4. The van der Waals surface area contributed by atoms with Crippen molar-refractivity contribution in [2.75, 3.05) is 13.7 Å². The summed E-state index contributed by atoms with van der Waals surface area (Å²) in [5.74, 6) is 0.233. The first-order chi connectivity index (χ1) is 11.3. The van der Waals surface area contributed by atoms with E-state index in [0.29, 0.717) is 6.61 Å². The molecular weight excluding hydrogens is 284 g/mol. The SMILES string of the molecule is COC[C@H](N[C@]1(C#N)CC[C@@H]1c1ccccc1)c1ccccc1. The van der Waals surface area contributed by atoms with E-state index in [-0.39, 0.29) is 12.0 Å². The zero-order valence-electron chi connectivity index (χ0n) is 13.4. The number of nitrogens with one attached hydrogen (secondary N) is 1. The van der Waals surface area contributed by atoms with Crippen molar-refractivity contribution in [3.8, 4) is 6.07 Å². The lowest BCUT2D eigenvalue weighted by Crippen LogP contribution is -2.57. The van der Waals surface area contributed by atoms with Crippen molar-refractivity contribution in [1.82, 2.24) is 5.32 Å². The smallest absolute Gasteiger partial charge is 0.114 e. The quantitative estimate of drug-likeness (QED) is 0.883. The van der Waals surface area contributed by atoms with Gasteiger partial charge in [-0.1, -0.05) is 60.7 Å². The molecule has 1 aliphatic carbocycles.